The van der Waals surface area contributed by atoms with E-state index in [9.17, 15) is 0 Å². The van der Waals surface area contributed by atoms with Crippen molar-refractivity contribution in [1.82, 2.24) is 10.1 Å². The van der Waals surface area contributed by atoms with Gasteiger partial charge in [0, 0.05) is 0 Å². The van der Waals surface area contributed by atoms with E-state index in [4.69, 9.17) is 24.5 Å². The molecule has 2 rings (SSSR count). The molecule has 1 saturated heterocycles. The lowest BCUT2D eigenvalue weighted by Crippen LogP contribution is -2.40. The first-order valence-electron chi connectivity index (χ1n) is 6.43. The van der Waals surface area contributed by atoms with Crippen LogP contribution in [0, 0.1) is 0 Å². The lowest BCUT2D eigenvalue weighted by molar-refractivity contribution is -0.101. The van der Waals surface area contributed by atoms with Gasteiger partial charge in [0.2, 0.25) is 0 Å². The van der Waals surface area contributed by atoms with Gasteiger partial charge in [-0.25, -0.2) is 0 Å². The van der Waals surface area contributed by atoms with Crippen LogP contribution < -0.4 is 5.73 Å². The second kappa shape index (κ2) is 5.96. The van der Waals surface area contributed by atoms with E-state index in [0.717, 1.165) is 0 Å². The highest BCUT2D eigenvalue weighted by molar-refractivity contribution is 5.03. The molecule has 1 aromatic rings. The van der Waals surface area contributed by atoms with Crippen molar-refractivity contribution in [3.63, 3.8) is 0 Å². The number of nitrogens with two attached hydrogens (primary N) is 1. The largest absolute Gasteiger partial charge is 0.376 e. The minimum absolute atomic E-state index is 0.101. The zero-order valence-corrected chi connectivity index (χ0v) is 11.6. The average Bonchev–Trinajstić information content (AvgIpc) is 2.88. The van der Waals surface area contributed by atoms with E-state index < -0.39 is 5.54 Å². The van der Waals surface area contributed by atoms with Crippen molar-refractivity contribution in [2.75, 3.05) is 26.4 Å². The van der Waals surface area contributed by atoms with Gasteiger partial charge < -0.3 is 24.5 Å². The third-order valence-corrected chi connectivity index (χ3v) is 2.76. The SMILES string of the molecule is CC(C)OCC(C)(N)c1noc(C2COCCO2)n1. The Labute approximate surface area is 112 Å². The van der Waals surface area contributed by atoms with Crippen LogP contribution in [-0.2, 0) is 19.7 Å². The lowest BCUT2D eigenvalue weighted by Gasteiger charge is -2.22. The molecule has 2 atom stereocenters. The molecule has 19 heavy (non-hydrogen) atoms. The van der Waals surface area contributed by atoms with E-state index in [0.29, 0.717) is 38.1 Å². The second-order valence-electron chi connectivity index (χ2n) is 5.17. The van der Waals surface area contributed by atoms with E-state index in [2.05, 4.69) is 10.1 Å². The van der Waals surface area contributed by atoms with Crippen LogP contribution >= 0.6 is 0 Å². The first-order valence-corrected chi connectivity index (χ1v) is 6.43. The fraction of sp³-hybridized carbons (Fsp3) is 0.833. The molecule has 1 aromatic heterocycles. The Hall–Kier alpha value is -1.02. The first-order chi connectivity index (χ1) is 8.99. The van der Waals surface area contributed by atoms with E-state index in [1.807, 2.05) is 20.8 Å². The van der Waals surface area contributed by atoms with E-state index in [1.165, 1.54) is 0 Å². The van der Waals surface area contributed by atoms with Crippen LogP contribution in [0.2, 0.25) is 0 Å². The fourth-order valence-corrected chi connectivity index (χ4v) is 1.63. The molecular formula is C12H21N3O4. The Morgan fingerprint density at radius 3 is 2.89 bits per heavy atom. The molecule has 2 heterocycles. The minimum Gasteiger partial charge on any atom is -0.376 e. The summed E-state index contributed by atoms with van der Waals surface area (Å²) in [6.45, 7) is 7.57. The smallest absolute Gasteiger partial charge is 0.258 e. The molecule has 2 unspecified atom stereocenters. The third-order valence-electron chi connectivity index (χ3n) is 2.76. The van der Waals surface area contributed by atoms with Crippen molar-refractivity contribution in [3.05, 3.63) is 11.7 Å². The Kier molecular flexibility index (Phi) is 4.51. The van der Waals surface area contributed by atoms with Crippen molar-refractivity contribution in [1.29, 1.82) is 0 Å². The Bertz CT molecular complexity index is 399. The number of nitrogens with zero attached hydrogens (tertiary/aromatic N) is 2. The molecule has 0 aromatic carbocycles. The van der Waals surface area contributed by atoms with Crippen LogP contribution in [0.1, 0.15) is 38.6 Å². The summed E-state index contributed by atoms with van der Waals surface area (Å²) < 4.78 is 21.5. The predicted octanol–water partition coefficient (Wildman–Crippen LogP) is 0.756. The molecular weight excluding hydrogens is 250 g/mol. The quantitative estimate of drug-likeness (QED) is 0.844. The Morgan fingerprint density at radius 2 is 2.26 bits per heavy atom. The standard InChI is InChI=1S/C12H21N3O4/c1-8(2)18-7-12(3,13)11-14-10(19-15-11)9-6-16-4-5-17-9/h8-9H,4-7,13H2,1-3H3. The summed E-state index contributed by atoms with van der Waals surface area (Å²) in [5, 5.41) is 3.91. The molecule has 1 fully saturated rings. The molecule has 0 saturated carbocycles. The molecule has 7 heteroatoms. The molecule has 7 nitrogen and oxygen atoms in total. The van der Waals surface area contributed by atoms with Gasteiger partial charge in [0.25, 0.3) is 5.89 Å². The molecule has 0 bridgehead atoms. The zero-order valence-electron chi connectivity index (χ0n) is 11.6. The maximum atomic E-state index is 6.15. The summed E-state index contributed by atoms with van der Waals surface area (Å²) in [4.78, 5) is 4.30. The number of hydrogen-bond donors (Lipinski definition) is 1. The van der Waals surface area contributed by atoms with Crippen molar-refractivity contribution < 1.29 is 18.7 Å². The summed E-state index contributed by atoms with van der Waals surface area (Å²) in [5.41, 5.74) is 5.36. The van der Waals surface area contributed by atoms with Crippen LogP contribution in [0.25, 0.3) is 0 Å². The van der Waals surface area contributed by atoms with Crippen LogP contribution in [0.3, 0.4) is 0 Å². The van der Waals surface area contributed by atoms with Crippen LogP contribution in [0.4, 0.5) is 0 Å². The van der Waals surface area contributed by atoms with Crippen LogP contribution in [-0.4, -0.2) is 42.7 Å². The molecule has 1 aliphatic heterocycles. The first kappa shape index (κ1) is 14.4. The van der Waals surface area contributed by atoms with Gasteiger partial charge in [0.1, 0.15) is 5.54 Å². The molecule has 2 N–H and O–H groups in total. The predicted molar refractivity (Wildman–Crippen MR) is 66.4 cm³/mol. The van der Waals surface area contributed by atoms with Gasteiger partial charge in [-0.1, -0.05) is 5.16 Å². The highest BCUT2D eigenvalue weighted by atomic mass is 16.6. The molecule has 0 radical (unpaired) electrons. The van der Waals surface area contributed by atoms with Gasteiger partial charge in [0.15, 0.2) is 11.9 Å². The lowest BCUT2D eigenvalue weighted by atomic mass is 10.1. The highest BCUT2D eigenvalue weighted by Gasteiger charge is 2.31. The topological polar surface area (TPSA) is 92.6 Å². The summed E-state index contributed by atoms with van der Waals surface area (Å²) in [5.74, 6) is 0.813. The number of ether oxygens (including phenoxy) is 3. The fourth-order valence-electron chi connectivity index (χ4n) is 1.63. The summed E-state index contributed by atoms with van der Waals surface area (Å²) in [6.07, 6.45) is -0.207. The third kappa shape index (κ3) is 3.73. The maximum absolute atomic E-state index is 6.15. The van der Waals surface area contributed by atoms with Gasteiger partial charge in [-0.3, -0.25) is 0 Å². The van der Waals surface area contributed by atoms with Gasteiger partial charge in [-0.2, -0.15) is 4.98 Å². The zero-order chi connectivity index (χ0) is 13.9. The van der Waals surface area contributed by atoms with Crippen molar-refractivity contribution >= 4 is 0 Å². The number of rotatable bonds is 5. The van der Waals surface area contributed by atoms with E-state index in [1.54, 1.807) is 0 Å². The second-order valence-corrected chi connectivity index (χ2v) is 5.17. The molecule has 0 aliphatic carbocycles. The van der Waals surface area contributed by atoms with Gasteiger partial charge in [-0.05, 0) is 20.8 Å². The average molecular weight is 271 g/mol. The maximum Gasteiger partial charge on any atom is 0.258 e. The van der Waals surface area contributed by atoms with Gasteiger partial charge in [0.05, 0.1) is 32.5 Å². The van der Waals surface area contributed by atoms with Gasteiger partial charge >= 0.3 is 0 Å². The normalized spacial score (nSPS) is 23.5. The Balaban J connectivity index is 2.02. The van der Waals surface area contributed by atoms with Crippen molar-refractivity contribution in [3.8, 4) is 0 Å². The van der Waals surface area contributed by atoms with E-state index >= 15 is 0 Å². The monoisotopic (exact) mass is 271 g/mol. The van der Waals surface area contributed by atoms with Crippen LogP contribution in [0.15, 0.2) is 4.52 Å². The van der Waals surface area contributed by atoms with Gasteiger partial charge in [-0.15, -0.1) is 0 Å². The molecule has 0 spiro atoms. The minimum atomic E-state index is -0.790. The highest BCUT2D eigenvalue weighted by Crippen LogP contribution is 2.22. The van der Waals surface area contributed by atoms with Crippen molar-refractivity contribution in [2.45, 2.75) is 38.5 Å². The number of hydrogen-bond acceptors (Lipinski definition) is 7. The summed E-state index contributed by atoms with van der Waals surface area (Å²) in [7, 11) is 0. The summed E-state index contributed by atoms with van der Waals surface area (Å²) in [6, 6.07) is 0. The molecule has 0 amide bonds. The Morgan fingerprint density at radius 1 is 1.47 bits per heavy atom. The van der Waals surface area contributed by atoms with Crippen LogP contribution in [0.5, 0.6) is 0 Å². The summed E-state index contributed by atoms with van der Waals surface area (Å²) >= 11 is 0. The molecule has 108 valence electrons. The van der Waals surface area contributed by atoms with E-state index in [-0.39, 0.29) is 12.2 Å². The molecule has 1 aliphatic rings. The van der Waals surface area contributed by atoms with Crippen molar-refractivity contribution in [2.24, 2.45) is 5.73 Å². The number of aromatic nitrogens is 2.